The van der Waals surface area contributed by atoms with E-state index in [2.05, 4.69) is 5.32 Å². The third-order valence-electron chi connectivity index (χ3n) is 7.46. The summed E-state index contributed by atoms with van der Waals surface area (Å²) in [5.74, 6) is -1.10. The van der Waals surface area contributed by atoms with Gasteiger partial charge in [0.05, 0.1) is 17.7 Å². The summed E-state index contributed by atoms with van der Waals surface area (Å²) in [4.78, 5) is 28.5. The highest BCUT2D eigenvalue weighted by Crippen LogP contribution is 2.27. The predicted molar refractivity (Wildman–Crippen MR) is 160 cm³/mol. The van der Waals surface area contributed by atoms with Crippen molar-refractivity contribution in [2.75, 3.05) is 18.0 Å². The summed E-state index contributed by atoms with van der Waals surface area (Å²) in [5, 5.41) is 3.42. The number of carbonyl (C=O) groups excluding carboxylic acids is 2. The molecule has 1 aliphatic carbocycles. The number of sulfonamides is 1. The molecule has 0 heterocycles. The predicted octanol–water partition coefficient (Wildman–Crippen LogP) is 5.55. The number of nitrogens with one attached hydrogen (secondary N) is 1. The van der Waals surface area contributed by atoms with Gasteiger partial charge in [-0.15, -0.1) is 0 Å². The Kier molecular flexibility index (Phi) is 10.5. The van der Waals surface area contributed by atoms with Gasteiger partial charge < -0.3 is 15.0 Å². The van der Waals surface area contributed by atoms with Gasteiger partial charge in [-0.05, 0) is 74.4 Å². The van der Waals surface area contributed by atoms with Crippen LogP contribution in [-0.2, 0) is 26.2 Å². The van der Waals surface area contributed by atoms with Crippen LogP contribution in [0.4, 0.5) is 10.1 Å². The van der Waals surface area contributed by atoms with Gasteiger partial charge in [0.25, 0.3) is 10.0 Å². The fraction of sp³-hybridized carbons (Fsp3) is 0.355. The summed E-state index contributed by atoms with van der Waals surface area (Å²) < 4.78 is 48.6. The van der Waals surface area contributed by atoms with Crippen LogP contribution in [0.2, 0.25) is 5.02 Å². The number of carbonyl (C=O) groups is 2. The van der Waals surface area contributed by atoms with E-state index in [1.54, 1.807) is 13.0 Å². The number of hydrogen-bond acceptors (Lipinski definition) is 5. The number of ether oxygens (including phenoxy) is 1. The molecule has 0 aliphatic heterocycles. The van der Waals surface area contributed by atoms with Gasteiger partial charge in [-0.1, -0.05) is 49.1 Å². The van der Waals surface area contributed by atoms with Gasteiger partial charge in [-0.2, -0.15) is 0 Å². The lowest BCUT2D eigenvalue weighted by molar-refractivity contribution is -0.139. The number of amides is 2. The molecule has 8 nitrogen and oxygen atoms in total. The van der Waals surface area contributed by atoms with Gasteiger partial charge in [0.2, 0.25) is 11.8 Å². The number of rotatable bonds is 11. The molecular formula is C31H35ClFN3O5S. The van der Waals surface area contributed by atoms with E-state index < -0.39 is 34.3 Å². The number of methoxy groups -OCH3 is 1. The lowest BCUT2D eigenvalue weighted by Gasteiger charge is -2.33. The fourth-order valence-corrected chi connectivity index (χ4v) is 6.51. The van der Waals surface area contributed by atoms with Crippen LogP contribution in [0, 0.1) is 5.82 Å². The normalized spacial score (nSPS) is 14.6. The molecule has 0 aromatic heterocycles. The van der Waals surface area contributed by atoms with E-state index in [4.69, 9.17) is 16.3 Å². The Labute approximate surface area is 251 Å². The number of hydrogen-bond donors (Lipinski definition) is 1. The summed E-state index contributed by atoms with van der Waals surface area (Å²) in [6, 6.07) is 16.8. The van der Waals surface area contributed by atoms with Crippen molar-refractivity contribution in [1.29, 1.82) is 0 Å². The number of benzene rings is 3. The first-order valence-electron chi connectivity index (χ1n) is 13.9. The van der Waals surface area contributed by atoms with Gasteiger partial charge in [0, 0.05) is 23.2 Å². The molecule has 1 N–H and O–H groups in total. The van der Waals surface area contributed by atoms with Gasteiger partial charge in [0.15, 0.2) is 0 Å². The van der Waals surface area contributed by atoms with Crippen LogP contribution in [0.3, 0.4) is 0 Å². The van der Waals surface area contributed by atoms with Crippen molar-refractivity contribution in [2.45, 2.75) is 62.6 Å². The number of nitrogens with zero attached hydrogens (tertiary/aromatic N) is 2. The van der Waals surface area contributed by atoms with Gasteiger partial charge in [-0.3, -0.25) is 13.9 Å². The minimum Gasteiger partial charge on any atom is -0.497 e. The van der Waals surface area contributed by atoms with E-state index in [1.165, 1.54) is 78.7 Å². The second-order valence-electron chi connectivity index (χ2n) is 10.3. The molecule has 224 valence electrons. The van der Waals surface area contributed by atoms with Crippen LogP contribution >= 0.6 is 11.6 Å². The minimum absolute atomic E-state index is 0.000119. The van der Waals surface area contributed by atoms with E-state index in [1.807, 2.05) is 0 Å². The van der Waals surface area contributed by atoms with Crippen LogP contribution in [-0.4, -0.2) is 50.9 Å². The molecule has 1 unspecified atom stereocenters. The molecule has 0 radical (unpaired) electrons. The van der Waals surface area contributed by atoms with Crippen LogP contribution < -0.4 is 14.4 Å². The van der Waals surface area contributed by atoms with E-state index in [9.17, 15) is 22.4 Å². The average molecular weight is 616 g/mol. The molecule has 42 heavy (non-hydrogen) atoms. The molecule has 1 aliphatic rings. The Bertz CT molecular complexity index is 1480. The maximum Gasteiger partial charge on any atom is 0.264 e. The lowest BCUT2D eigenvalue weighted by atomic mass is 9.95. The van der Waals surface area contributed by atoms with Gasteiger partial charge in [0.1, 0.15) is 24.2 Å². The lowest BCUT2D eigenvalue weighted by Crippen LogP contribution is -2.53. The quantitative estimate of drug-likeness (QED) is 0.305. The summed E-state index contributed by atoms with van der Waals surface area (Å²) in [6.45, 7) is 0.717. The first kappa shape index (κ1) is 31.3. The number of anilines is 1. The molecule has 0 saturated heterocycles. The van der Waals surface area contributed by atoms with E-state index in [-0.39, 0.29) is 34.6 Å². The zero-order chi connectivity index (χ0) is 30.3. The Morgan fingerprint density at radius 1 is 1.00 bits per heavy atom. The fourth-order valence-electron chi connectivity index (χ4n) is 4.97. The third-order valence-corrected chi connectivity index (χ3v) is 9.50. The highest BCUT2D eigenvalue weighted by Gasteiger charge is 2.33. The highest BCUT2D eigenvalue weighted by atomic mass is 35.5. The van der Waals surface area contributed by atoms with Gasteiger partial charge in [-0.25, -0.2) is 12.8 Å². The maximum atomic E-state index is 14.7. The van der Waals surface area contributed by atoms with Crippen molar-refractivity contribution < 1.29 is 27.1 Å². The first-order valence-corrected chi connectivity index (χ1v) is 15.7. The second-order valence-corrected chi connectivity index (χ2v) is 12.6. The molecule has 1 atom stereocenters. The van der Waals surface area contributed by atoms with Crippen molar-refractivity contribution in [3.05, 3.63) is 89.2 Å². The van der Waals surface area contributed by atoms with Crippen LogP contribution in [0.15, 0.2) is 77.7 Å². The summed E-state index contributed by atoms with van der Waals surface area (Å²) in [5.41, 5.74) is 0.410. The van der Waals surface area contributed by atoms with Crippen LogP contribution in [0.5, 0.6) is 5.75 Å². The smallest absolute Gasteiger partial charge is 0.264 e. The molecular weight excluding hydrogens is 581 g/mol. The zero-order valence-corrected chi connectivity index (χ0v) is 25.2. The largest absolute Gasteiger partial charge is 0.497 e. The number of halogens is 2. The van der Waals surface area contributed by atoms with Crippen LogP contribution in [0.25, 0.3) is 0 Å². The molecule has 1 fully saturated rings. The Morgan fingerprint density at radius 3 is 2.26 bits per heavy atom. The molecule has 3 aromatic rings. The molecule has 11 heteroatoms. The zero-order valence-electron chi connectivity index (χ0n) is 23.6. The Morgan fingerprint density at radius 2 is 1.64 bits per heavy atom. The highest BCUT2D eigenvalue weighted by molar-refractivity contribution is 7.92. The Hall–Kier alpha value is -3.63. The molecule has 2 amide bonds. The van der Waals surface area contributed by atoms with Crippen molar-refractivity contribution >= 4 is 39.1 Å². The van der Waals surface area contributed by atoms with Crippen molar-refractivity contribution in [2.24, 2.45) is 0 Å². The Balaban J connectivity index is 1.68. The minimum atomic E-state index is -4.26. The van der Waals surface area contributed by atoms with Crippen molar-refractivity contribution in [3.63, 3.8) is 0 Å². The van der Waals surface area contributed by atoms with Gasteiger partial charge >= 0.3 is 0 Å². The molecule has 1 saturated carbocycles. The van der Waals surface area contributed by atoms with E-state index in [0.717, 1.165) is 36.4 Å². The van der Waals surface area contributed by atoms with Crippen LogP contribution in [0.1, 0.15) is 44.6 Å². The third kappa shape index (κ3) is 7.60. The SMILES string of the molecule is COc1ccc(S(=O)(=O)N(CC(=O)N(Cc2ccccc2F)C(C)C(=O)NC2CCCCC2)c2ccc(Cl)cc2)cc1. The molecule has 3 aromatic carbocycles. The van der Waals surface area contributed by atoms with E-state index >= 15 is 0 Å². The summed E-state index contributed by atoms with van der Waals surface area (Å²) >= 11 is 6.06. The summed E-state index contributed by atoms with van der Waals surface area (Å²) in [6.07, 6.45) is 4.84. The van der Waals surface area contributed by atoms with E-state index in [0.29, 0.717) is 10.8 Å². The molecule has 4 rings (SSSR count). The standard InChI is InChI=1S/C31H35ClFN3O5S/c1-22(31(38)34-25-9-4-3-5-10-25)35(20-23-8-6-7-11-29(23)33)30(37)21-36(26-14-12-24(32)13-15-26)42(39,40)28-18-16-27(41-2)17-19-28/h6-8,11-19,22,25H,3-5,9-10,20-21H2,1-2H3,(H,34,38). The maximum absolute atomic E-state index is 14.7. The first-order chi connectivity index (χ1) is 20.1. The molecule has 0 spiro atoms. The summed E-state index contributed by atoms with van der Waals surface area (Å²) in [7, 11) is -2.79. The monoisotopic (exact) mass is 615 g/mol. The average Bonchev–Trinajstić information content (AvgIpc) is 3.00. The second kappa shape index (κ2) is 14.0. The topological polar surface area (TPSA) is 96.0 Å². The van der Waals surface area contributed by atoms with Crippen molar-refractivity contribution in [1.82, 2.24) is 10.2 Å². The van der Waals surface area contributed by atoms with Crippen molar-refractivity contribution in [3.8, 4) is 5.75 Å². The molecule has 0 bridgehead atoms.